The lowest BCUT2D eigenvalue weighted by molar-refractivity contribution is 0.273. The van der Waals surface area contributed by atoms with Crippen LogP contribution in [0.2, 0.25) is 10.0 Å². The van der Waals surface area contributed by atoms with Crippen LogP contribution in [-0.2, 0) is 17.7 Å². The molecule has 32 heavy (non-hydrogen) atoms. The molecule has 0 aromatic heterocycles. The van der Waals surface area contributed by atoms with Crippen LogP contribution < -0.4 is 9.82 Å². The third-order valence-electron chi connectivity index (χ3n) is 5.52. The van der Waals surface area contributed by atoms with Crippen LogP contribution in [0.4, 0.5) is 5.69 Å². The van der Waals surface area contributed by atoms with E-state index in [4.69, 9.17) is 27.9 Å². The molecular formula is C24H26Cl2N3O2P. The van der Waals surface area contributed by atoms with Gasteiger partial charge in [0.05, 0.1) is 7.11 Å². The summed E-state index contributed by atoms with van der Waals surface area (Å²) in [6.07, 6.45) is 0.926. The number of nitrogens with zero attached hydrogens (tertiary/aromatic N) is 2. The van der Waals surface area contributed by atoms with E-state index in [0.29, 0.717) is 23.1 Å². The number of anilines is 1. The Balaban J connectivity index is 1.64. The van der Waals surface area contributed by atoms with Crippen molar-refractivity contribution in [1.29, 1.82) is 0 Å². The molecule has 1 N–H and O–H groups in total. The summed E-state index contributed by atoms with van der Waals surface area (Å²) < 4.78 is 24.0. The lowest BCUT2D eigenvalue weighted by Crippen LogP contribution is -2.41. The van der Waals surface area contributed by atoms with Crippen LogP contribution in [0.5, 0.6) is 5.75 Å². The summed E-state index contributed by atoms with van der Waals surface area (Å²) in [6, 6.07) is 22.9. The molecule has 1 aliphatic rings. The Bertz CT molecular complexity index is 1020. The highest BCUT2D eigenvalue weighted by Gasteiger charge is 2.40. The van der Waals surface area contributed by atoms with Crippen LogP contribution in [0.1, 0.15) is 17.5 Å². The van der Waals surface area contributed by atoms with Crippen molar-refractivity contribution >= 4 is 36.5 Å². The van der Waals surface area contributed by atoms with Gasteiger partial charge in [-0.2, -0.15) is 0 Å². The smallest absolute Gasteiger partial charge is 0.309 e. The number of methoxy groups -OCH3 is 1. The summed E-state index contributed by atoms with van der Waals surface area (Å²) in [5.74, 6) is 0.758. The molecule has 0 radical (unpaired) electrons. The molecule has 1 saturated heterocycles. The maximum atomic E-state index is 14.6. The molecule has 1 fully saturated rings. The zero-order valence-corrected chi connectivity index (χ0v) is 20.3. The Morgan fingerprint density at radius 3 is 1.72 bits per heavy atom. The van der Waals surface area contributed by atoms with E-state index < -0.39 is 7.59 Å². The van der Waals surface area contributed by atoms with Crippen molar-refractivity contribution < 1.29 is 9.30 Å². The molecule has 0 atom stereocenters. The number of ether oxygens (including phenoxy) is 1. The van der Waals surface area contributed by atoms with Crippen LogP contribution in [0, 0.1) is 0 Å². The van der Waals surface area contributed by atoms with Gasteiger partial charge in [-0.1, -0.05) is 47.5 Å². The lowest BCUT2D eigenvalue weighted by Gasteiger charge is -2.43. The zero-order chi connectivity index (χ0) is 22.6. The SMILES string of the molecule is COc1ccc(NP2(=O)N(Cc3ccc(Cl)cc3)CCCN2Cc2ccc(Cl)cc2)cc1. The van der Waals surface area contributed by atoms with E-state index >= 15 is 0 Å². The van der Waals surface area contributed by atoms with Crippen LogP contribution in [-0.4, -0.2) is 29.5 Å². The second-order valence-corrected chi connectivity index (χ2v) is 11.1. The van der Waals surface area contributed by atoms with Crippen LogP contribution >= 0.6 is 30.8 Å². The van der Waals surface area contributed by atoms with Gasteiger partial charge in [0.15, 0.2) is 0 Å². The highest BCUT2D eigenvalue weighted by atomic mass is 35.5. The minimum absolute atomic E-state index is 0.564. The Morgan fingerprint density at radius 2 is 1.28 bits per heavy atom. The van der Waals surface area contributed by atoms with E-state index in [9.17, 15) is 4.57 Å². The maximum absolute atomic E-state index is 14.6. The van der Waals surface area contributed by atoms with Crippen molar-refractivity contribution in [3.8, 4) is 5.75 Å². The number of rotatable bonds is 7. The molecule has 4 rings (SSSR count). The van der Waals surface area contributed by atoms with Crippen LogP contribution in [0.15, 0.2) is 72.8 Å². The van der Waals surface area contributed by atoms with Gasteiger partial charge in [-0.05, 0) is 66.1 Å². The Hall–Kier alpha value is -2.01. The predicted molar refractivity (Wildman–Crippen MR) is 133 cm³/mol. The summed E-state index contributed by atoms with van der Waals surface area (Å²) in [6.45, 7) is 2.60. The third kappa shape index (κ3) is 5.48. The van der Waals surface area contributed by atoms with Crippen molar-refractivity contribution in [2.45, 2.75) is 19.5 Å². The molecule has 1 heterocycles. The highest BCUT2D eigenvalue weighted by Crippen LogP contribution is 2.56. The highest BCUT2D eigenvalue weighted by molar-refractivity contribution is 7.60. The van der Waals surface area contributed by atoms with Crippen molar-refractivity contribution in [2.24, 2.45) is 0 Å². The van der Waals surface area contributed by atoms with E-state index in [0.717, 1.165) is 42.1 Å². The van der Waals surface area contributed by atoms with Crippen LogP contribution in [0.3, 0.4) is 0 Å². The number of hydrogen-bond acceptors (Lipinski definition) is 2. The Labute approximate surface area is 199 Å². The van der Waals surface area contributed by atoms with Gasteiger partial charge in [-0.25, -0.2) is 9.34 Å². The summed E-state index contributed by atoms with van der Waals surface area (Å²) >= 11 is 12.1. The molecule has 0 spiro atoms. The van der Waals surface area contributed by atoms with Gasteiger partial charge in [0.25, 0.3) is 0 Å². The first-order valence-corrected chi connectivity index (χ1v) is 12.9. The summed E-state index contributed by atoms with van der Waals surface area (Å²) in [4.78, 5) is 0. The maximum Gasteiger partial charge on any atom is 0.309 e. The topological polar surface area (TPSA) is 44.8 Å². The molecule has 8 heteroatoms. The predicted octanol–water partition coefficient (Wildman–Crippen LogP) is 6.93. The average Bonchev–Trinajstić information content (AvgIpc) is 2.80. The third-order valence-corrected chi connectivity index (χ3v) is 8.79. The summed E-state index contributed by atoms with van der Waals surface area (Å²) in [5, 5.41) is 4.75. The number of halogens is 2. The number of benzene rings is 3. The minimum Gasteiger partial charge on any atom is -0.497 e. The van der Waals surface area contributed by atoms with E-state index in [1.54, 1.807) is 7.11 Å². The van der Waals surface area contributed by atoms with Crippen molar-refractivity contribution in [1.82, 2.24) is 9.34 Å². The van der Waals surface area contributed by atoms with Gasteiger partial charge in [-0.3, -0.25) is 4.57 Å². The lowest BCUT2D eigenvalue weighted by atomic mass is 10.2. The molecule has 0 aliphatic carbocycles. The standard InChI is InChI=1S/C24H26Cl2N3O2P/c1-31-24-13-11-23(12-14-24)27-32(30)28(17-19-3-7-21(25)8-4-19)15-2-16-29(32)18-20-5-9-22(26)10-6-20/h3-14H,2,15-18H2,1H3,(H,27,30). The van der Waals surface area contributed by atoms with Crippen molar-refractivity contribution in [3.05, 3.63) is 94.0 Å². The number of hydrogen-bond donors (Lipinski definition) is 1. The zero-order valence-electron chi connectivity index (χ0n) is 17.9. The van der Waals surface area contributed by atoms with Gasteiger partial charge in [0.1, 0.15) is 5.75 Å². The van der Waals surface area contributed by atoms with Gasteiger partial charge in [0, 0.05) is 41.9 Å². The van der Waals surface area contributed by atoms with Crippen molar-refractivity contribution in [2.75, 3.05) is 25.3 Å². The van der Waals surface area contributed by atoms with Gasteiger partial charge in [0.2, 0.25) is 0 Å². The molecule has 0 saturated carbocycles. The first kappa shape index (κ1) is 23.2. The van der Waals surface area contributed by atoms with E-state index in [2.05, 4.69) is 14.4 Å². The van der Waals surface area contributed by atoms with Crippen molar-refractivity contribution in [3.63, 3.8) is 0 Å². The Kier molecular flexibility index (Phi) is 7.44. The molecule has 0 bridgehead atoms. The largest absolute Gasteiger partial charge is 0.497 e. The quantitative estimate of drug-likeness (QED) is 0.364. The fourth-order valence-corrected chi connectivity index (χ4v) is 6.72. The molecule has 0 amide bonds. The van der Waals surface area contributed by atoms with Gasteiger partial charge < -0.3 is 9.82 Å². The Morgan fingerprint density at radius 1 is 0.812 bits per heavy atom. The molecule has 1 aliphatic heterocycles. The molecule has 3 aromatic carbocycles. The average molecular weight is 490 g/mol. The van der Waals surface area contributed by atoms with Gasteiger partial charge in [-0.15, -0.1) is 0 Å². The normalized spacial score (nSPS) is 16.6. The molecule has 3 aromatic rings. The van der Waals surface area contributed by atoms with E-state index in [1.165, 1.54) is 0 Å². The van der Waals surface area contributed by atoms with Crippen LogP contribution in [0.25, 0.3) is 0 Å². The van der Waals surface area contributed by atoms with E-state index in [-0.39, 0.29) is 0 Å². The van der Waals surface area contributed by atoms with Gasteiger partial charge >= 0.3 is 7.59 Å². The number of nitrogens with one attached hydrogen (secondary N) is 1. The fourth-order valence-electron chi connectivity index (χ4n) is 3.81. The first-order chi connectivity index (χ1) is 15.5. The summed E-state index contributed by atoms with van der Waals surface area (Å²) in [5.41, 5.74) is 2.93. The molecule has 168 valence electrons. The molecular weight excluding hydrogens is 464 g/mol. The monoisotopic (exact) mass is 489 g/mol. The minimum atomic E-state index is -3.12. The summed E-state index contributed by atoms with van der Waals surface area (Å²) in [7, 11) is -1.49. The first-order valence-electron chi connectivity index (χ1n) is 10.5. The fraction of sp³-hybridized carbons (Fsp3) is 0.250. The molecule has 0 unspecified atom stereocenters. The second kappa shape index (κ2) is 10.3. The van der Waals surface area contributed by atoms with E-state index in [1.807, 2.05) is 72.8 Å². The second-order valence-electron chi connectivity index (χ2n) is 7.77. The molecule has 5 nitrogen and oxygen atoms in total.